The van der Waals surface area contributed by atoms with Gasteiger partial charge in [-0.3, -0.25) is 14.9 Å². The molecule has 0 aliphatic rings. The van der Waals surface area contributed by atoms with Gasteiger partial charge in [-0.15, -0.1) is 0 Å². The number of carbonyl (C=O) groups is 1. The fourth-order valence-corrected chi connectivity index (χ4v) is 1.41. The Morgan fingerprint density at radius 1 is 1.40 bits per heavy atom. The fourth-order valence-electron chi connectivity index (χ4n) is 1.41. The van der Waals surface area contributed by atoms with Crippen LogP contribution in [0, 0.1) is 10.1 Å². The molecule has 0 aliphatic heterocycles. The molecule has 20 heavy (non-hydrogen) atoms. The Balaban J connectivity index is 2.21. The first-order chi connectivity index (χ1) is 9.54. The van der Waals surface area contributed by atoms with Crippen LogP contribution in [0.3, 0.4) is 0 Å². The van der Waals surface area contributed by atoms with Crippen molar-refractivity contribution in [1.82, 2.24) is 10.2 Å². The summed E-state index contributed by atoms with van der Waals surface area (Å²) in [6, 6.07) is 5.88. The van der Waals surface area contributed by atoms with E-state index in [9.17, 15) is 14.9 Å². The highest BCUT2D eigenvalue weighted by molar-refractivity contribution is 5.77. The number of carbonyl (C=O) groups excluding carboxylic acids is 1. The van der Waals surface area contributed by atoms with Crippen LogP contribution in [-0.4, -0.2) is 49.0 Å². The van der Waals surface area contributed by atoms with Gasteiger partial charge in [0.25, 0.3) is 5.69 Å². The van der Waals surface area contributed by atoms with Gasteiger partial charge in [-0.1, -0.05) is 0 Å². The molecule has 1 amide bonds. The molecule has 0 aliphatic carbocycles. The van der Waals surface area contributed by atoms with Crippen LogP contribution < -0.4 is 10.1 Å². The van der Waals surface area contributed by atoms with Crippen molar-refractivity contribution in [2.24, 2.45) is 0 Å². The molecule has 0 bridgehead atoms. The predicted octanol–water partition coefficient (Wildman–Crippen LogP) is 1.04. The van der Waals surface area contributed by atoms with Gasteiger partial charge >= 0.3 is 0 Å². The molecule has 0 heterocycles. The van der Waals surface area contributed by atoms with Crippen LogP contribution >= 0.6 is 0 Å². The Kier molecular flexibility index (Phi) is 6.45. The van der Waals surface area contributed by atoms with Gasteiger partial charge in [-0.25, -0.2) is 0 Å². The summed E-state index contributed by atoms with van der Waals surface area (Å²) in [7, 11) is 1.75. The number of benzene rings is 1. The van der Waals surface area contributed by atoms with E-state index in [1.807, 2.05) is 6.92 Å². The minimum atomic E-state index is -0.457. The van der Waals surface area contributed by atoms with Crippen molar-refractivity contribution in [3.8, 4) is 5.75 Å². The normalized spacial score (nSPS) is 10.1. The van der Waals surface area contributed by atoms with Gasteiger partial charge in [-0.2, -0.15) is 0 Å². The molecule has 0 saturated carbocycles. The van der Waals surface area contributed by atoms with E-state index < -0.39 is 4.92 Å². The molecule has 1 aromatic carbocycles. The summed E-state index contributed by atoms with van der Waals surface area (Å²) in [4.78, 5) is 23.1. The van der Waals surface area contributed by atoms with E-state index in [0.29, 0.717) is 25.4 Å². The van der Waals surface area contributed by atoms with Gasteiger partial charge in [0.15, 0.2) is 0 Å². The summed E-state index contributed by atoms with van der Waals surface area (Å²) in [6.45, 7) is 3.78. The molecule has 0 aromatic heterocycles. The number of amides is 1. The minimum Gasteiger partial charge on any atom is -0.492 e. The maximum atomic E-state index is 11.5. The first kappa shape index (κ1) is 15.9. The van der Waals surface area contributed by atoms with Crippen LogP contribution in [0.25, 0.3) is 0 Å². The number of nitrogens with one attached hydrogen (secondary N) is 1. The molecule has 7 heteroatoms. The third kappa shape index (κ3) is 5.23. The molecule has 110 valence electrons. The smallest absolute Gasteiger partial charge is 0.269 e. The van der Waals surface area contributed by atoms with E-state index in [2.05, 4.69) is 5.32 Å². The largest absolute Gasteiger partial charge is 0.492 e. The van der Waals surface area contributed by atoms with Crippen LogP contribution in [0.4, 0.5) is 5.69 Å². The third-order valence-electron chi connectivity index (χ3n) is 2.77. The van der Waals surface area contributed by atoms with Crippen molar-refractivity contribution in [2.45, 2.75) is 6.92 Å². The van der Waals surface area contributed by atoms with Gasteiger partial charge in [0.2, 0.25) is 5.91 Å². The van der Waals surface area contributed by atoms with Crippen LogP contribution in [0.2, 0.25) is 0 Å². The average molecular weight is 281 g/mol. The SMILES string of the molecule is CCN(C)C(=O)CNCCOc1ccc([N+](=O)[O-])cc1. The molecule has 0 fully saturated rings. The molecule has 0 spiro atoms. The molecule has 1 N–H and O–H groups in total. The lowest BCUT2D eigenvalue weighted by atomic mass is 10.3. The lowest BCUT2D eigenvalue weighted by Gasteiger charge is -2.14. The quantitative estimate of drug-likeness (QED) is 0.437. The summed E-state index contributed by atoms with van der Waals surface area (Å²) in [5, 5.41) is 13.4. The summed E-state index contributed by atoms with van der Waals surface area (Å²) in [5.74, 6) is 0.595. The van der Waals surface area contributed by atoms with Crippen LogP contribution in [-0.2, 0) is 4.79 Å². The number of hydrogen-bond acceptors (Lipinski definition) is 5. The number of nitro benzene ring substituents is 1. The van der Waals surface area contributed by atoms with Crippen molar-refractivity contribution in [3.63, 3.8) is 0 Å². The Hall–Kier alpha value is -2.15. The van der Waals surface area contributed by atoms with Gasteiger partial charge in [0.05, 0.1) is 11.5 Å². The third-order valence-corrected chi connectivity index (χ3v) is 2.77. The van der Waals surface area contributed by atoms with Gasteiger partial charge in [-0.05, 0) is 19.1 Å². The summed E-state index contributed by atoms with van der Waals surface area (Å²) in [6.07, 6.45) is 0. The number of nitrogens with zero attached hydrogens (tertiary/aromatic N) is 2. The molecular formula is C13H19N3O4. The lowest BCUT2D eigenvalue weighted by molar-refractivity contribution is -0.384. The molecule has 0 atom stereocenters. The van der Waals surface area contributed by atoms with E-state index in [0.717, 1.165) is 0 Å². The number of non-ortho nitro benzene ring substituents is 1. The summed E-state index contributed by atoms with van der Waals surface area (Å²) < 4.78 is 5.40. The maximum absolute atomic E-state index is 11.5. The van der Waals surface area contributed by atoms with Crippen molar-refractivity contribution < 1.29 is 14.5 Å². The zero-order chi connectivity index (χ0) is 15.0. The van der Waals surface area contributed by atoms with Crippen LogP contribution in [0.15, 0.2) is 24.3 Å². The Morgan fingerprint density at radius 2 is 2.05 bits per heavy atom. The first-order valence-electron chi connectivity index (χ1n) is 6.36. The number of nitro groups is 1. The minimum absolute atomic E-state index is 0.0304. The molecular weight excluding hydrogens is 262 g/mol. The van der Waals surface area contributed by atoms with E-state index in [4.69, 9.17) is 4.74 Å². The van der Waals surface area contributed by atoms with Crippen LogP contribution in [0.5, 0.6) is 5.75 Å². The number of ether oxygens (including phenoxy) is 1. The second-order valence-electron chi connectivity index (χ2n) is 4.18. The first-order valence-corrected chi connectivity index (χ1v) is 6.36. The molecule has 1 rings (SSSR count). The number of hydrogen-bond donors (Lipinski definition) is 1. The van der Waals surface area contributed by atoms with E-state index in [1.165, 1.54) is 12.1 Å². The van der Waals surface area contributed by atoms with Gasteiger partial charge < -0.3 is 15.0 Å². The predicted molar refractivity (Wildman–Crippen MR) is 74.8 cm³/mol. The van der Waals surface area contributed by atoms with Gasteiger partial charge in [0, 0.05) is 32.3 Å². The van der Waals surface area contributed by atoms with Gasteiger partial charge in [0.1, 0.15) is 12.4 Å². The monoisotopic (exact) mass is 281 g/mol. The molecule has 0 saturated heterocycles. The number of likely N-dealkylation sites (N-methyl/N-ethyl adjacent to an activating group) is 1. The Bertz CT molecular complexity index is 447. The standard InChI is InChI=1S/C13H19N3O4/c1-3-15(2)13(17)10-14-8-9-20-12-6-4-11(5-7-12)16(18)19/h4-7,14H,3,8-10H2,1-2H3. The zero-order valence-corrected chi connectivity index (χ0v) is 11.7. The van der Waals surface area contributed by atoms with E-state index in [-0.39, 0.29) is 18.1 Å². The van der Waals surface area contributed by atoms with Crippen molar-refractivity contribution in [2.75, 3.05) is 33.3 Å². The Morgan fingerprint density at radius 3 is 2.60 bits per heavy atom. The van der Waals surface area contributed by atoms with Crippen LogP contribution in [0.1, 0.15) is 6.92 Å². The van der Waals surface area contributed by atoms with E-state index >= 15 is 0 Å². The Labute approximate surface area is 117 Å². The zero-order valence-electron chi connectivity index (χ0n) is 11.7. The molecule has 0 radical (unpaired) electrons. The summed E-state index contributed by atoms with van der Waals surface area (Å²) >= 11 is 0. The second kappa shape index (κ2) is 8.11. The molecule has 0 unspecified atom stereocenters. The lowest BCUT2D eigenvalue weighted by Crippen LogP contribution is -2.36. The summed E-state index contributed by atoms with van der Waals surface area (Å²) in [5.41, 5.74) is 0.0312. The molecule has 7 nitrogen and oxygen atoms in total. The van der Waals surface area contributed by atoms with E-state index in [1.54, 1.807) is 24.1 Å². The highest BCUT2D eigenvalue weighted by atomic mass is 16.6. The number of rotatable bonds is 8. The fraction of sp³-hybridized carbons (Fsp3) is 0.462. The van der Waals surface area contributed by atoms with Crippen molar-refractivity contribution >= 4 is 11.6 Å². The highest BCUT2D eigenvalue weighted by Crippen LogP contribution is 2.16. The average Bonchev–Trinajstić information content (AvgIpc) is 2.46. The van der Waals surface area contributed by atoms with Crippen molar-refractivity contribution in [3.05, 3.63) is 34.4 Å². The topological polar surface area (TPSA) is 84.7 Å². The highest BCUT2D eigenvalue weighted by Gasteiger charge is 2.06. The second-order valence-corrected chi connectivity index (χ2v) is 4.18. The maximum Gasteiger partial charge on any atom is 0.269 e. The molecule has 1 aromatic rings. The van der Waals surface area contributed by atoms with Crippen molar-refractivity contribution in [1.29, 1.82) is 0 Å².